The van der Waals surface area contributed by atoms with E-state index < -0.39 is 40.2 Å². The van der Waals surface area contributed by atoms with Crippen molar-refractivity contribution in [3.8, 4) is 5.75 Å². The van der Waals surface area contributed by atoms with Crippen molar-refractivity contribution in [2.45, 2.75) is 64.1 Å². The Morgan fingerprint density at radius 1 is 1.08 bits per heavy atom. The average molecular weight is 552 g/mol. The summed E-state index contributed by atoms with van der Waals surface area (Å²) in [5, 5.41) is 3.06. The van der Waals surface area contributed by atoms with Gasteiger partial charge in [-0.1, -0.05) is 38.3 Å². The second kappa shape index (κ2) is 13.0. The number of anilines is 1. The van der Waals surface area contributed by atoms with E-state index in [0.29, 0.717) is 15.6 Å². The van der Waals surface area contributed by atoms with Gasteiger partial charge in [0, 0.05) is 18.7 Å². The second-order valence-electron chi connectivity index (χ2n) is 9.51. The summed E-state index contributed by atoms with van der Waals surface area (Å²) in [6.07, 6.45) is 6.06. The van der Waals surface area contributed by atoms with Gasteiger partial charge in [-0.15, -0.1) is 0 Å². The van der Waals surface area contributed by atoms with Crippen molar-refractivity contribution in [3.63, 3.8) is 0 Å². The van der Waals surface area contributed by atoms with E-state index >= 15 is 0 Å². The maximum absolute atomic E-state index is 13.9. The summed E-state index contributed by atoms with van der Waals surface area (Å²) < 4.78 is 58.7. The lowest BCUT2D eigenvalue weighted by Gasteiger charge is -2.34. The zero-order valence-electron chi connectivity index (χ0n) is 22.0. The fraction of sp³-hybridized carbons (Fsp3) is 0.481. The number of hydrogen-bond acceptors (Lipinski definition) is 5. The number of benzene rings is 2. The molecule has 0 aromatic heterocycles. The molecule has 1 aliphatic rings. The Bertz CT molecular complexity index is 1230. The predicted octanol–water partition coefficient (Wildman–Crippen LogP) is 4.00. The van der Waals surface area contributed by atoms with Gasteiger partial charge in [-0.25, -0.2) is 17.2 Å². The summed E-state index contributed by atoms with van der Waals surface area (Å²) in [6.45, 7) is 1.10. The number of amides is 2. The van der Waals surface area contributed by atoms with Gasteiger partial charge in [0.05, 0.1) is 19.1 Å². The van der Waals surface area contributed by atoms with Gasteiger partial charge in [0.2, 0.25) is 21.8 Å². The molecule has 1 aliphatic carbocycles. The Hall–Kier alpha value is -3.21. The van der Waals surface area contributed by atoms with Gasteiger partial charge in [-0.05, 0) is 49.1 Å². The van der Waals surface area contributed by atoms with Crippen molar-refractivity contribution in [2.24, 2.45) is 0 Å². The molecular weight excluding hydrogens is 516 g/mol. The van der Waals surface area contributed by atoms with Crippen molar-refractivity contribution in [1.82, 2.24) is 10.2 Å². The molecule has 1 saturated carbocycles. The lowest BCUT2D eigenvalue weighted by atomic mass is 9.95. The van der Waals surface area contributed by atoms with Crippen LogP contribution in [0.3, 0.4) is 0 Å². The van der Waals surface area contributed by atoms with Gasteiger partial charge in [0.25, 0.3) is 0 Å². The number of ether oxygens (including phenoxy) is 1. The van der Waals surface area contributed by atoms with E-state index in [1.165, 1.54) is 12.0 Å². The quantitative estimate of drug-likeness (QED) is 0.456. The van der Waals surface area contributed by atoms with E-state index in [1.807, 2.05) is 0 Å². The van der Waals surface area contributed by atoms with E-state index in [1.54, 1.807) is 31.2 Å². The van der Waals surface area contributed by atoms with Crippen molar-refractivity contribution in [1.29, 1.82) is 0 Å². The largest absolute Gasteiger partial charge is 0.497 e. The second-order valence-corrected chi connectivity index (χ2v) is 11.4. The number of rotatable bonds is 11. The fourth-order valence-electron chi connectivity index (χ4n) is 4.69. The summed E-state index contributed by atoms with van der Waals surface area (Å²) in [7, 11) is -2.54. The van der Waals surface area contributed by atoms with Crippen LogP contribution >= 0.6 is 0 Å². The van der Waals surface area contributed by atoms with Crippen LogP contribution in [0.4, 0.5) is 14.5 Å². The van der Waals surface area contributed by atoms with Crippen LogP contribution in [0.5, 0.6) is 5.75 Å². The maximum Gasteiger partial charge on any atom is 0.244 e. The monoisotopic (exact) mass is 551 g/mol. The predicted molar refractivity (Wildman–Crippen MR) is 141 cm³/mol. The molecule has 0 heterocycles. The Balaban J connectivity index is 1.94. The molecule has 1 unspecified atom stereocenters. The molecule has 1 N–H and O–H groups in total. The number of methoxy groups -OCH3 is 1. The van der Waals surface area contributed by atoms with Gasteiger partial charge >= 0.3 is 0 Å². The number of sulfonamides is 1. The minimum Gasteiger partial charge on any atom is -0.497 e. The van der Waals surface area contributed by atoms with Gasteiger partial charge in [-0.3, -0.25) is 13.9 Å². The number of carbonyl (C=O) groups is 2. The van der Waals surface area contributed by atoms with E-state index in [-0.39, 0.29) is 30.6 Å². The summed E-state index contributed by atoms with van der Waals surface area (Å²) in [5.74, 6) is -2.79. The standard InChI is InChI=1S/C27H35F2N3O5S/c1-4-25(27(34)30-20-10-6-5-7-11-20)31(17-19-9-8-12-22(15-19)37-2)26(33)18-32(38(3,35)36)21-13-14-23(28)24(29)16-21/h8-9,12-16,20,25H,4-7,10-11,17-18H2,1-3H3,(H,30,34). The molecule has 8 nitrogen and oxygen atoms in total. The molecule has 2 aromatic rings. The molecule has 2 aromatic carbocycles. The van der Waals surface area contributed by atoms with Crippen LogP contribution in [0, 0.1) is 11.6 Å². The number of hydrogen-bond donors (Lipinski definition) is 1. The van der Waals surface area contributed by atoms with E-state index in [9.17, 15) is 26.8 Å². The molecule has 11 heteroatoms. The zero-order chi connectivity index (χ0) is 27.9. The smallest absolute Gasteiger partial charge is 0.244 e. The molecule has 0 aliphatic heterocycles. The van der Waals surface area contributed by atoms with E-state index in [0.717, 1.165) is 56.6 Å². The van der Waals surface area contributed by atoms with Crippen LogP contribution < -0.4 is 14.4 Å². The van der Waals surface area contributed by atoms with Crippen LogP contribution in [-0.2, 0) is 26.2 Å². The van der Waals surface area contributed by atoms with Crippen LogP contribution in [-0.4, -0.2) is 57.1 Å². The summed E-state index contributed by atoms with van der Waals surface area (Å²) in [5.41, 5.74) is 0.487. The minimum absolute atomic E-state index is 0.0159. The van der Waals surface area contributed by atoms with Crippen LogP contribution in [0.2, 0.25) is 0 Å². The first-order valence-corrected chi connectivity index (χ1v) is 14.5. The van der Waals surface area contributed by atoms with Gasteiger partial charge in [-0.2, -0.15) is 0 Å². The third-order valence-electron chi connectivity index (χ3n) is 6.69. The van der Waals surface area contributed by atoms with Crippen molar-refractivity contribution in [2.75, 3.05) is 24.2 Å². The molecule has 0 spiro atoms. The highest BCUT2D eigenvalue weighted by atomic mass is 32.2. The van der Waals surface area contributed by atoms with Gasteiger partial charge in [0.1, 0.15) is 18.3 Å². The van der Waals surface area contributed by atoms with Gasteiger partial charge in [0.15, 0.2) is 11.6 Å². The maximum atomic E-state index is 13.9. The average Bonchev–Trinajstić information content (AvgIpc) is 2.88. The first kappa shape index (κ1) is 29.3. The Morgan fingerprint density at radius 3 is 2.39 bits per heavy atom. The molecule has 3 rings (SSSR count). The number of halogens is 2. The molecule has 0 bridgehead atoms. The Labute approximate surface area is 223 Å². The number of nitrogens with one attached hydrogen (secondary N) is 1. The molecular formula is C27H35F2N3O5S. The highest BCUT2D eigenvalue weighted by Gasteiger charge is 2.33. The summed E-state index contributed by atoms with van der Waals surface area (Å²) in [4.78, 5) is 28.4. The summed E-state index contributed by atoms with van der Waals surface area (Å²) in [6, 6.07) is 8.77. The summed E-state index contributed by atoms with van der Waals surface area (Å²) >= 11 is 0. The molecule has 1 fully saturated rings. The fourth-order valence-corrected chi connectivity index (χ4v) is 5.53. The lowest BCUT2D eigenvalue weighted by Crippen LogP contribution is -2.53. The Kier molecular flexibility index (Phi) is 10.1. The minimum atomic E-state index is -4.06. The lowest BCUT2D eigenvalue weighted by molar-refractivity contribution is -0.140. The van der Waals surface area contributed by atoms with E-state index in [2.05, 4.69) is 5.32 Å². The molecule has 208 valence electrons. The van der Waals surface area contributed by atoms with Crippen LogP contribution in [0.1, 0.15) is 51.0 Å². The van der Waals surface area contributed by atoms with E-state index in [4.69, 9.17) is 4.74 Å². The molecule has 38 heavy (non-hydrogen) atoms. The third kappa shape index (κ3) is 7.66. The Morgan fingerprint density at radius 2 is 1.79 bits per heavy atom. The first-order valence-electron chi connectivity index (χ1n) is 12.7. The molecule has 0 saturated heterocycles. The SMILES string of the molecule is CCC(C(=O)NC1CCCCC1)N(Cc1cccc(OC)c1)C(=O)CN(c1ccc(F)c(F)c1)S(C)(=O)=O. The zero-order valence-corrected chi connectivity index (χ0v) is 22.8. The number of nitrogens with zero attached hydrogens (tertiary/aromatic N) is 2. The molecule has 2 amide bonds. The third-order valence-corrected chi connectivity index (χ3v) is 7.84. The van der Waals surface area contributed by atoms with Crippen LogP contribution in [0.25, 0.3) is 0 Å². The number of carbonyl (C=O) groups excluding carboxylic acids is 2. The topological polar surface area (TPSA) is 96.0 Å². The molecule has 1 atom stereocenters. The van der Waals surface area contributed by atoms with Crippen molar-refractivity contribution >= 4 is 27.5 Å². The van der Waals surface area contributed by atoms with Crippen molar-refractivity contribution in [3.05, 3.63) is 59.7 Å². The van der Waals surface area contributed by atoms with Crippen LogP contribution in [0.15, 0.2) is 42.5 Å². The normalized spacial score (nSPS) is 15.0. The molecule has 0 radical (unpaired) electrons. The highest BCUT2D eigenvalue weighted by molar-refractivity contribution is 7.92. The first-order chi connectivity index (χ1) is 18.0. The van der Waals surface area contributed by atoms with Crippen molar-refractivity contribution < 1.29 is 31.5 Å². The highest BCUT2D eigenvalue weighted by Crippen LogP contribution is 2.23. The van der Waals surface area contributed by atoms with Gasteiger partial charge < -0.3 is 15.0 Å².